The molecule has 0 saturated carbocycles. The van der Waals surface area contributed by atoms with E-state index in [1.807, 2.05) is 6.07 Å². The highest BCUT2D eigenvalue weighted by Crippen LogP contribution is 2.24. The van der Waals surface area contributed by atoms with Crippen molar-refractivity contribution in [2.24, 2.45) is 5.73 Å². The molecule has 1 aromatic carbocycles. The minimum absolute atomic E-state index is 0.253. The Morgan fingerprint density at radius 2 is 2.22 bits per heavy atom. The van der Waals surface area contributed by atoms with Crippen LogP contribution < -0.4 is 5.73 Å². The molecule has 0 aliphatic rings. The second-order valence-electron chi connectivity index (χ2n) is 4.18. The number of hydrogen-bond acceptors (Lipinski definition) is 3. The van der Waals surface area contributed by atoms with E-state index in [4.69, 9.17) is 11.0 Å². The van der Waals surface area contributed by atoms with Crippen molar-refractivity contribution in [3.05, 3.63) is 47.3 Å². The Kier molecular flexibility index (Phi) is 3.13. The van der Waals surface area contributed by atoms with E-state index in [1.54, 1.807) is 30.7 Å². The summed E-state index contributed by atoms with van der Waals surface area (Å²) in [5.74, 6) is -0.0485. The molecule has 0 spiro atoms. The average molecular weight is 244 g/mol. The topological polar surface area (TPSA) is 67.6 Å². The summed E-state index contributed by atoms with van der Waals surface area (Å²) in [5, 5.41) is 8.98. The van der Waals surface area contributed by atoms with Gasteiger partial charge in [-0.3, -0.25) is 4.57 Å². The van der Waals surface area contributed by atoms with E-state index in [9.17, 15) is 4.39 Å². The van der Waals surface area contributed by atoms with Crippen LogP contribution >= 0.6 is 0 Å². The van der Waals surface area contributed by atoms with Gasteiger partial charge in [-0.15, -0.1) is 0 Å². The minimum atomic E-state index is -0.330. The maximum atomic E-state index is 13.6. The summed E-state index contributed by atoms with van der Waals surface area (Å²) < 4.78 is 15.2. The Morgan fingerprint density at radius 1 is 1.50 bits per heavy atom. The molecule has 1 heterocycles. The van der Waals surface area contributed by atoms with E-state index < -0.39 is 0 Å². The number of aryl methyl sites for hydroxylation is 1. The Balaban J connectivity index is 2.71. The SMILES string of the molecule is Cc1cc(-n2ccnc2C#N)c([C@H](C)N)cc1F. The van der Waals surface area contributed by atoms with E-state index in [0.717, 1.165) is 0 Å². The first kappa shape index (κ1) is 12.3. The fraction of sp³-hybridized carbons (Fsp3) is 0.231. The Hall–Kier alpha value is -2.19. The van der Waals surface area contributed by atoms with Crippen molar-refractivity contribution >= 4 is 0 Å². The van der Waals surface area contributed by atoms with Gasteiger partial charge in [0, 0.05) is 18.4 Å². The second kappa shape index (κ2) is 4.59. The summed E-state index contributed by atoms with van der Waals surface area (Å²) in [6.07, 6.45) is 3.19. The molecule has 4 nitrogen and oxygen atoms in total. The average Bonchev–Trinajstić information content (AvgIpc) is 2.79. The molecule has 0 radical (unpaired) electrons. The van der Waals surface area contributed by atoms with Gasteiger partial charge in [-0.05, 0) is 37.1 Å². The second-order valence-corrected chi connectivity index (χ2v) is 4.18. The van der Waals surface area contributed by atoms with E-state index >= 15 is 0 Å². The maximum Gasteiger partial charge on any atom is 0.217 e. The molecule has 0 amide bonds. The van der Waals surface area contributed by atoms with Crippen molar-refractivity contribution in [1.29, 1.82) is 5.26 Å². The first-order valence-electron chi connectivity index (χ1n) is 5.54. The molecule has 0 bridgehead atoms. The highest BCUT2D eigenvalue weighted by molar-refractivity contribution is 5.47. The van der Waals surface area contributed by atoms with E-state index in [0.29, 0.717) is 16.8 Å². The van der Waals surface area contributed by atoms with Gasteiger partial charge in [0.2, 0.25) is 5.82 Å². The molecule has 0 fully saturated rings. The summed E-state index contributed by atoms with van der Waals surface area (Å²) in [5.41, 5.74) is 7.69. The van der Waals surface area contributed by atoms with Crippen LogP contribution in [0.15, 0.2) is 24.5 Å². The Bertz CT molecular complexity index is 622. The molecule has 2 aromatic rings. The van der Waals surface area contributed by atoms with Crippen molar-refractivity contribution < 1.29 is 4.39 Å². The van der Waals surface area contributed by atoms with E-state index in [2.05, 4.69) is 4.98 Å². The van der Waals surface area contributed by atoms with Crippen molar-refractivity contribution in [3.8, 4) is 11.8 Å². The molecule has 5 heteroatoms. The molecule has 2 N–H and O–H groups in total. The van der Waals surface area contributed by atoms with Crippen LogP contribution in [0.3, 0.4) is 0 Å². The molecule has 0 aliphatic heterocycles. The number of nitrogens with two attached hydrogens (primary N) is 1. The molecule has 2 rings (SSSR count). The van der Waals surface area contributed by atoms with Crippen LogP contribution in [0.1, 0.15) is 29.9 Å². The standard InChI is InChI=1S/C13H13FN4/c1-8-5-12(10(9(2)16)6-11(8)14)18-4-3-17-13(18)7-15/h3-6,9H,16H2,1-2H3/t9-/m0/s1. The van der Waals surface area contributed by atoms with Gasteiger partial charge < -0.3 is 5.73 Å². The lowest BCUT2D eigenvalue weighted by molar-refractivity contribution is 0.612. The third-order valence-electron chi connectivity index (χ3n) is 2.80. The summed E-state index contributed by atoms with van der Waals surface area (Å²) in [6.45, 7) is 3.45. The van der Waals surface area contributed by atoms with Crippen molar-refractivity contribution in [2.45, 2.75) is 19.9 Å². The van der Waals surface area contributed by atoms with Gasteiger partial charge in [0.05, 0.1) is 5.69 Å². The normalized spacial score (nSPS) is 12.2. The number of nitriles is 1. The predicted octanol–water partition coefficient (Wildman–Crippen LogP) is 2.21. The molecule has 92 valence electrons. The van der Waals surface area contributed by atoms with Crippen LogP contribution in [0.2, 0.25) is 0 Å². The molecule has 0 unspecified atom stereocenters. The zero-order valence-corrected chi connectivity index (χ0v) is 10.2. The Labute approximate surface area is 104 Å². The molecule has 18 heavy (non-hydrogen) atoms. The third kappa shape index (κ3) is 1.98. The number of halogens is 1. The predicted molar refractivity (Wildman–Crippen MR) is 65.6 cm³/mol. The summed E-state index contributed by atoms with van der Waals surface area (Å²) >= 11 is 0. The van der Waals surface area contributed by atoms with Crippen molar-refractivity contribution in [2.75, 3.05) is 0 Å². The monoisotopic (exact) mass is 244 g/mol. The van der Waals surface area contributed by atoms with Crippen LogP contribution in [0.25, 0.3) is 5.69 Å². The fourth-order valence-electron chi connectivity index (χ4n) is 1.84. The zero-order chi connectivity index (χ0) is 13.3. The number of rotatable bonds is 2. The van der Waals surface area contributed by atoms with Gasteiger partial charge in [0.15, 0.2) is 0 Å². The van der Waals surface area contributed by atoms with Gasteiger partial charge in [0.1, 0.15) is 11.9 Å². The van der Waals surface area contributed by atoms with Crippen LogP contribution in [0, 0.1) is 24.1 Å². The smallest absolute Gasteiger partial charge is 0.217 e. The van der Waals surface area contributed by atoms with Crippen molar-refractivity contribution in [3.63, 3.8) is 0 Å². The highest BCUT2D eigenvalue weighted by atomic mass is 19.1. The van der Waals surface area contributed by atoms with Gasteiger partial charge in [-0.25, -0.2) is 9.37 Å². The number of imidazole rings is 1. The minimum Gasteiger partial charge on any atom is -0.324 e. The first-order valence-corrected chi connectivity index (χ1v) is 5.54. The number of benzene rings is 1. The molecular weight excluding hydrogens is 231 g/mol. The third-order valence-corrected chi connectivity index (χ3v) is 2.80. The highest BCUT2D eigenvalue weighted by Gasteiger charge is 2.14. The number of hydrogen-bond donors (Lipinski definition) is 1. The molecule has 1 atom stereocenters. The summed E-state index contributed by atoms with van der Waals surface area (Å²) in [6, 6.07) is 4.75. The first-order chi connectivity index (χ1) is 8.54. The molecule has 0 aliphatic carbocycles. The largest absolute Gasteiger partial charge is 0.324 e. The van der Waals surface area contributed by atoms with Gasteiger partial charge in [0.25, 0.3) is 0 Å². The van der Waals surface area contributed by atoms with Crippen molar-refractivity contribution in [1.82, 2.24) is 9.55 Å². The lowest BCUT2D eigenvalue weighted by Crippen LogP contribution is -2.11. The Morgan fingerprint density at radius 3 is 2.83 bits per heavy atom. The van der Waals surface area contributed by atoms with Gasteiger partial charge in [-0.2, -0.15) is 5.26 Å². The number of aromatic nitrogens is 2. The summed E-state index contributed by atoms with van der Waals surface area (Å²) in [4.78, 5) is 3.93. The van der Waals surface area contributed by atoms with E-state index in [1.165, 1.54) is 12.3 Å². The maximum absolute atomic E-state index is 13.6. The van der Waals surface area contributed by atoms with Crippen LogP contribution in [0.4, 0.5) is 4.39 Å². The fourth-order valence-corrected chi connectivity index (χ4v) is 1.84. The zero-order valence-electron chi connectivity index (χ0n) is 10.2. The van der Waals surface area contributed by atoms with E-state index in [-0.39, 0.29) is 17.7 Å². The van der Waals surface area contributed by atoms with Crippen LogP contribution in [-0.2, 0) is 0 Å². The molecule has 1 aromatic heterocycles. The molecular formula is C13H13FN4. The molecule has 0 saturated heterocycles. The number of nitrogens with zero attached hydrogens (tertiary/aromatic N) is 3. The summed E-state index contributed by atoms with van der Waals surface area (Å²) in [7, 11) is 0. The van der Waals surface area contributed by atoms with Crippen LogP contribution in [-0.4, -0.2) is 9.55 Å². The lowest BCUT2D eigenvalue weighted by Gasteiger charge is -2.15. The van der Waals surface area contributed by atoms with Crippen LogP contribution in [0.5, 0.6) is 0 Å². The lowest BCUT2D eigenvalue weighted by atomic mass is 10.0. The van der Waals surface area contributed by atoms with Gasteiger partial charge in [-0.1, -0.05) is 0 Å². The van der Waals surface area contributed by atoms with Gasteiger partial charge >= 0.3 is 0 Å². The quantitative estimate of drug-likeness (QED) is 0.880.